The highest BCUT2D eigenvalue weighted by atomic mass is 19.1. The predicted octanol–water partition coefficient (Wildman–Crippen LogP) is 1.65. The second kappa shape index (κ2) is 6.11. The Balaban J connectivity index is 2.85. The maximum absolute atomic E-state index is 14.2. The Labute approximate surface area is 97.0 Å². The quantitative estimate of drug-likeness (QED) is 0.717. The first-order valence-corrected chi connectivity index (χ1v) is 5.91. The van der Waals surface area contributed by atoms with Gasteiger partial charge in [0.2, 0.25) is 0 Å². The van der Waals surface area contributed by atoms with Crippen LogP contribution in [0.1, 0.15) is 26.7 Å². The molecule has 1 rings (SSSR count). The first kappa shape index (κ1) is 13.3. The minimum Gasteiger partial charge on any atom is -0.322 e. The lowest BCUT2D eigenvalue weighted by Gasteiger charge is -2.19. The minimum absolute atomic E-state index is 0.0693. The Morgan fingerprint density at radius 1 is 1.75 bits per heavy atom. The van der Waals surface area contributed by atoms with Gasteiger partial charge in [0.25, 0.3) is 0 Å². The summed E-state index contributed by atoms with van der Waals surface area (Å²) < 4.78 is 14.2. The molecule has 0 aliphatic carbocycles. The fourth-order valence-corrected chi connectivity index (χ4v) is 1.92. The summed E-state index contributed by atoms with van der Waals surface area (Å²) in [6.45, 7) is 4.81. The smallest absolute Gasteiger partial charge is 0.118 e. The van der Waals surface area contributed by atoms with Crippen molar-refractivity contribution in [3.8, 4) is 0 Å². The van der Waals surface area contributed by atoms with Gasteiger partial charge >= 0.3 is 0 Å². The Bertz CT molecular complexity index is 286. The molecule has 0 spiro atoms. The molecular weight excluding hydrogens is 205 g/mol. The zero-order valence-corrected chi connectivity index (χ0v) is 10.3. The Hall–Kier alpha value is -0.740. The summed E-state index contributed by atoms with van der Waals surface area (Å²) >= 11 is 0. The van der Waals surface area contributed by atoms with E-state index in [0.717, 1.165) is 25.0 Å². The van der Waals surface area contributed by atoms with Crippen molar-refractivity contribution >= 4 is 6.21 Å². The van der Waals surface area contributed by atoms with Crippen molar-refractivity contribution < 1.29 is 4.39 Å². The highest BCUT2D eigenvalue weighted by Gasteiger charge is 2.27. The van der Waals surface area contributed by atoms with E-state index < -0.39 is 6.04 Å². The third kappa shape index (κ3) is 2.89. The number of hydrogen-bond donors (Lipinski definition) is 2. The lowest BCUT2D eigenvalue weighted by atomic mass is 9.94. The van der Waals surface area contributed by atoms with Crippen LogP contribution in [0.15, 0.2) is 16.4 Å². The molecule has 0 aromatic rings. The zero-order chi connectivity index (χ0) is 12.1. The van der Waals surface area contributed by atoms with Crippen molar-refractivity contribution in [1.29, 1.82) is 0 Å². The lowest BCUT2D eigenvalue weighted by molar-refractivity contribution is 0.410. The molecule has 1 aliphatic heterocycles. The molecule has 16 heavy (non-hydrogen) atoms. The number of halogens is 1. The lowest BCUT2D eigenvalue weighted by Crippen LogP contribution is -2.32. The monoisotopic (exact) mass is 227 g/mol. The molecule has 0 aromatic heterocycles. The number of nitrogens with two attached hydrogens (primary N) is 1. The molecule has 3 nitrogen and oxygen atoms in total. The van der Waals surface area contributed by atoms with Gasteiger partial charge in [0.05, 0.1) is 12.1 Å². The summed E-state index contributed by atoms with van der Waals surface area (Å²) in [6.07, 6.45) is 3.36. The van der Waals surface area contributed by atoms with Crippen molar-refractivity contribution in [2.75, 3.05) is 13.6 Å². The molecule has 0 radical (unpaired) electrons. The number of hydrogen-bond acceptors (Lipinski definition) is 3. The number of aliphatic imine (C=N–C) groups is 1. The van der Waals surface area contributed by atoms with E-state index in [1.165, 1.54) is 0 Å². The predicted molar refractivity (Wildman–Crippen MR) is 66.4 cm³/mol. The van der Waals surface area contributed by atoms with Crippen LogP contribution in [0.25, 0.3) is 0 Å². The van der Waals surface area contributed by atoms with Gasteiger partial charge in [0.1, 0.15) is 5.83 Å². The SMILES string of the molecule is CCC(C)C(N)/C(F)=C1\CCNC1C=NC. The van der Waals surface area contributed by atoms with Gasteiger partial charge in [-0.2, -0.15) is 0 Å². The molecule has 3 unspecified atom stereocenters. The van der Waals surface area contributed by atoms with E-state index in [2.05, 4.69) is 10.3 Å². The van der Waals surface area contributed by atoms with Crippen LogP contribution in [-0.4, -0.2) is 31.9 Å². The van der Waals surface area contributed by atoms with Gasteiger partial charge in [-0.1, -0.05) is 20.3 Å². The molecule has 4 heteroatoms. The summed E-state index contributed by atoms with van der Waals surface area (Å²) in [5.74, 6) is 0.0246. The first-order chi connectivity index (χ1) is 7.61. The molecule has 1 heterocycles. The van der Waals surface area contributed by atoms with Gasteiger partial charge in [0, 0.05) is 13.3 Å². The van der Waals surface area contributed by atoms with Crippen LogP contribution in [0.4, 0.5) is 4.39 Å². The molecule has 0 aromatic carbocycles. The van der Waals surface area contributed by atoms with Crippen molar-refractivity contribution in [3.05, 3.63) is 11.4 Å². The van der Waals surface area contributed by atoms with Gasteiger partial charge in [-0.15, -0.1) is 0 Å². The van der Waals surface area contributed by atoms with Crippen LogP contribution >= 0.6 is 0 Å². The Morgan fingerprint density at radius 3 is 3.00 bits per heavy atom. The molecular formula is C12H22FN3. The first-order valence-electron chi connectivity index (χ1n) is 5.91. The average Bonchev–Trinajstić information content (AvgIpc) is 2.74. The summed E-state index contributed by atoms with van der Waals surface area (Å²) in [5, 5.41) is 3.20. The Morgan fingerprint density at radius 2 is 2.44 bits per heavy atom. The van der Waals surface area contributed by atoms with E-state index in [4.69, 9.17) is 5.73 Å². The topological polar surface area (TPSA) is 50.4 Å². The summed E-state index contributed by atoms with van der Waals surface area (Å²) in [5.41, 5.74) is 6.68. The third-order valence-corrected chi connectivity index (χ3v) is 3.29. The molecule has 1 saturated heterocycles. The van der Waals surface area contributed by atoms with E-state index in [0.29, 0.717) is 0 Å². The van der Waals surface area contributed by atoms with Crippen LogP contribution in [0.5, 0.6) is 0 Å². The fraction of sp³-hybridized carbons (Fsp3) is 0.750. The van der Waals surface area contributed by atoms with E-state index in [1.54, 1.807) is 13.3 Å². The molecule has 0 bridgehead atoms. The standard InChI is InChI=1S/C12H22FN3/c1-4-8(2)12(14)11(13)9-5-6-16-10(9)7-15-3/h7-8,10,12,16H,4-6,14H2,1-3H3/b11-9-,15-7?. The average molecular weight is 227 g/mol. The van der Waals surface area contributed by atoms with Crippen LogP contribution < -0.4 is 11.1 Å². The number of nitrogens with zero attached hydrogens (tertiary/aromatic N) is 1. The molecule has 92 valence electrons. The van der Waals surface area contributed by atoms with E-state index >= 15 is 0 Å². The molecule has 3 N–H and O–H groups in total. The highest BCUT2D eigenvalue weighted by Crippen LogP contribution is 2.24. The van der Waals surface area contributed by atoms with Crippen LogP contribution in [-0.2, 0) is 0 Å². The second-order valence-electron chi connectivity index (χ2n) is 4.37. The highest BCUT2D eigenvalue weighted by molar-refractivity contribution is 5.70. The molecule has 1 aliphatic rings. The third-order valence-electron chi connectivity index (χ3n) is 3.29. The fourth-order valence-electron chi connectivity index (χ4n) is 1.92. The summed E-state index contributed by atoms with van der Waals surface area (Å²) in [6, 6.07) is -0.548. The molecule has 3 atom stereocenters. The summed E-state index contributed by atoms with van der Waals surface area (Å²) in [4.78, 5) is 3.95. The maximum Gasteiger partial charge on any atom is 0.118 e. The largest absolute Gasteiger partial charge is 0.322 e. The van der Waals surface area contributed by atoms with Crippen molar-refractivity contribution in [3.63, 3.8) is 0 Å². The van der Waals surface area contributed by atoms with Gasteiger partial charge < -0.3 is 11.1 Å². The van der Waals surface area contributed by atoms with Crippen LogP contribution in [0.2, 0.25) is 0 Å². The van der Waals surface area contributed by atoms with Crippen molar-refractivity contribution in [1.82, 2.24) is 5.32 Å². The number of nitrogens with one attached hydrogen (secondary N) is 1. The van der Waals surface area contributed by atoms with Gasteiger partial charge in [-0.25, -0.2) is 4.39 Å². The van der Waals surface area contributed by atoms with Crippen LogP contribution in [0, 0.1) is 5.92 Å². The van der Waals surface area contributed by atoms with Crippen molar-refractivity contribution in [2.45, 2.75) is 38.8 Å². The number of rotatable bonds is 4. The zero-order valence-electron chi connectivity index (χ0n) is 10.3. The molecule has 0 saturated carbocycles. The second-order valence-corrected chi connectivity index (χ2v) is 4.37. The molecule has 1 fully saturated rings. The maximum atomic E-state index is 14.2. The van der Waals surface area contributed by atoms with Crippen LogP contribution in [0.3, 0.4) is 0 Å². The van der Waals surface area contributed by atoms with Gasteiger partial charge in [-0.05, 0) is 24.5 Å². The van der Waals surface area contributed by atoms with E-state index in [1.807, 2.05) is 13.8 Å². The van der Waals surface area contributed by atoms with E-state index in [9.17, 15) is 4.39 Å². The molecule has 0 amide bonds. The minimum atomic E-state index is -0.479. The van der Waals surface area contributed by atoms with Gasteiger partial charge in [0.15, 0.2) is 0 Å². The van der Waals surface area contributed by atoms with Gasteiger partial charge in [-0.3, -0.25) is 4.99 Å². The van der Waals surface area contributed by atoms with Crippen molar-refractivity contribution in [2.24, 2.45) is 16.6 Å². The normalized spacial score (nSPS) is 28.4. The van der Waals surface area contributed by atoms with E-state index in [-0.39, 0.29) is 17.8 Å². The summed E-state index contributed by atoms with van der Waals surface area (Å²) in [7, 11) is 1.70. The Kier molecular flexibility index (Phi) is 5.09.